The van der Waals surface area contributed by atoms with Crippen LogP contribution in [0.5, 0.6) is 0 Å². The Morgan fingerprint density at radius 1 is 1.33 bits per heavy atom. The van der Waals surface area contributed by atoms with Gasteiger partial charge in [-0.05, 0) is 26.0 Å². The van der Waals surface area contributed by atoms with Crippen LogP contribution in [0.4, 0.5) is 0 Å². The molecule has 1 heterocycles. The number of aryl methyl sites for hydroxylation is 1. The van der Waals surface area contributed by atoms with Crippen molar-refractivity contribution < 1.29 is 0 Å². The third-order valence-electron chi connectivity index (χ3n) is 2.80. The van der Waals surface area contributed by atoms with E-state index in [0.29, 0.717) is 12.0 Å². The Kier molecular flexibility index (Phi) is 4.69. The first-order valence-corrected chi connectivity index (χ1v) is 5.71. The van der Waals surface area contributed by atoms with Crippen LogP contribution >= 0.6 is 0 Å². The Bertz CT molecular complexity index is 299. The molecule has 0 fully saturated rings. The van der Waals surface area contributed by atoms with Gasteiger partial charge in [0.1, 0.15) is 6.33 Å². The molecule has 0 spiro atoms. The van der Waals surface area contributed by atoms with Gasteiger partial charge >= 0.3 is 0 Å². The van der Waals surface area contributed by atoms with Gasteiger partial charge in [0, 0.05) is 23.3 Å². The molecule has 3 nitrogen and oxygen atoms in total. The maximum Gasteiger partial charge on any atom is 0.115 e. The van der Waals surface area contributed by atoms with E-state index in [9.17, 15) is 0 Å². The predicted octanol–water partition coefficient (Wildman–Crippen LogP) is 2.28. The van der Waals surface area contributed by atoms with Gasteiger partial charge in [0.15, 0.2) is 0 Å². The molecule has 1 aromatic rings. The fraction of sp³-hybridized carbons (Fsp3) is 0.667. The van der Waals surface area contributed by atoms with E-state index in [1.165, 1.54) is 0 Å². The lowest BCUT2D eigenvalue weighted by Crippen LogP contribution is -2.33. The number of likely N-dealkylation sites (N-methyl/N-ethyl adjacent to an activating group) is 1. The number of rotatable bonds is 5. The van der Waals surface area contributed by atoms with Gasteiger partial charge in [-0.15, -0.1) is 0 Å². The van der Waals surface area contributed by atoms with Crippen molar-refractivity contribution in [2.24, 2.45) is 0 Å². The quantitative estimate of drug-likeness (QED) is 0.805. The minimum atomic E-state index is 0.441. The smallest absolute Gasteiger partial charge is 0.115 e. The van der Waals surface area contributed by atoms with Crippen molar-refractivity contribution >= 4 is 0 Å². The van der Waals surface area contributed by atoms with Crippen molar-refractivity contribution in [3.05, 3.63) is 23.8 Å². The maximum atomic E-state index is 4.34. The van der Waals surface area contributed by atoms with Gasteiger partial charge in [-0.25, -0.2) is 9.97 Å². The average Bonchev–Trinajstić information content (AvgIpc) is 2.25. The summed E-state index contributed by atoms with van der Waals surface area (Å²) in [5, 5.41) is 3.49. The Hall–Kier alpha value is -0.960. The normalized spacial score (nSPS) is 14.9. The Morgan fingerprint density at radius 2 is 2.07 bits per heavy atom. The number of hydrogen-bond acceptors (Lipinski definition) is 3. The molecule has 1 rings (SSSR count). The highest BCUT2D eigenvalue weighted by Crippen LogP contribution is 2.19. The topological polar surface area (TPSA) is 37.8 Å². The maximum absolute atomic E-state index is 4.34. The number of nitrogens with one attached hydrogen (secondary N) is 1. The first-order chi connectivity index (χ1) is 7.19. The molecule has 1 N–H and O–H groups in total. The second-order valence-corrected chi connectivity index (χ2v) is 3.95. The van der Waals surface area contributed by atoms with Crippen LogP contribution in [0.15, 0.2) is 12.4 Å². The molecular formula is C12H21N3. The van der Waals surface area contributed by atoms with Gasteiger partial charge in [0.05, 0.1) is 0 Å². The van der Waals surface area contributed by atoms with Crippen molar-refractivity contribution in [1.82, 2.24) is 15.3 Å². The highest BCUT2D eigenvalue weighted by atomic mass is 14.9. The zero-order valence-corrected chi connectivity index (χ0v) is 10.1. The summed E-state index contributed by atoms with van der Waals surface area (Å²) < 4.78 is 0. The highest BCUT2D eigenvalue weighted by Gasteiger charge is 2.17. The van der Waals surface area contributed by atoms with Crippen LogP contribution in [0.3, 0.4) is 0 Å². The first-order valence-electron chi connectivity index (χ1n) is 5.71. The summed E-state index contributed by atoms with van der Waals surface area (Å²) in [6, 6.07) is 2.58. The molecule has 2 unspecified atom stereocenters. The summed E-state index contributed by atoms with van der Waals surface area (Å²) in [5.41, 5.74) is 2.17. The highest BCUT2D eigenvalue weighted by molar-refractivity contribution is 5.12. The van der Waals surface area contributed by atoms with Gasteiger partial charge in [0.25, 0.3) is 0 Å². The molecule has 15 heavy (non-hydrogen) atoms. The van der Waals surface area contributed by atoms with Gasteiger partial charge in [0.2, 0.25) is 0 Å². The van der Waals surface area contributed by atoms with Crippen LogP contribution in [-0.4, -0.2) is 22.6 Å². The SMILES string of the molecule is CCNC(CC)C(C)c1cc(C)ncn1. The zero-order valence-electron chi connectivity index (χ0n) is 10.1. The van der Waals surface area contributed by atoms with E-state index in [-0.39, 0.29) is 0 Å². The van der Waals surface area contributed by atoms with Crippen LogP contribution in [0.25, 0.3) is 0 Å². The third kappa shape index (κ3) is 3.27. The second kappa shape index (κ2) is 5.81. The molecule has 0 amide bonds. The lowest BCUT2D eigenvalue weighted by atomic mass is 9.95. The fourth-order valence-corrected chi connectivity index (χ4v) is 1.87. The van der Waals surface area contributed by atoms with Gasteiger partial charge < -0.3 is 5.32 Å². The number of nitrogens with zero attached hydrogens (tertiary/aromatic N) is 2. The second-order valence-electron chi connectivity index (χ2n) is 3.95. The predicted molar refractivity (Wildman–Crippen MR) is 62.9 cm³/mol. The van der Waals surface area contributed by atoms with E-state index in [1.54, 1.807) is 6.33 Å². The standard InChI is InChI=1S/C12H21N3/c1-5-11(13-6-2)10(4)12-7-9(3)14-8-15-12/h7-8,10-11,13H,5-6H2,1-4H3. The molecule has 0 saturated carbocycles. The number of aromatic nitrogens is 2. The summed E-state index contributed by atoms with van der Waals surface area (Å²) in [5.74, 6) is 0.441. The van der Waals surface area contributed by atoms with Gasteiger partial charge in [-0.2, -0.15) is 0 Å². The van der Waals surface area contributed by atoms with Crippen LogP contribution in [0, 0.1) is 6.92 Å². The van der Waals surface area contributed by atoms with Gasteiger partial charge in [-0.3, -0.25) is 0 Å². The summed E-state index contributed by atoms with van der Waals surface area (Å²) in [7, 11) is 0. The van der Waals surface area contributed by atoms with Crippen molar-refractivity contribution in [2.45, 2.75) is 46.1 Å². The zero-order chi connectivity index (χ0) is 11.3. The number of hydrogen-bond donors (Lipinski definition) is 1. The van der Waals surface area contributed by atoms with E-state index in [0.717, 1.165) is 24.4 Å². The molecule has 0 aromatic carbocycles. The summed E-state index contributed by atoms with van der Waals surface area (Å²) in [4.78, 5) is 8.46. The average molecular weight is 207 g/mol. The van der Waals surface area contributed by atoms with Crippen LogP contribution in [-0.2, 0) is 0 Å². The molecule has 3 heteroatoms. The lowest BCUT2D eigenvalue weighted by molar-refractivity contribution is 0.442. The largest absolute Gasteiger partial charge is 0.314 e. The summed E-state index contributed by atoms with van der Waals surface area (Å²) in [6.07, 6.45) is 2.78. The van der Waals surface area contributed by atoms with Crippen molar-refractivity contribution in [1.29, 1.82) is 0 Å². The molecule has 0 radical (unpaired) electrons. The van der Waals surface area contributed by atoms with E-state index in [2.05, 4.69) is 42.1 Å². The third-order valence-corrected chi connectivity index (χ3v) is 2.80. The van der Waals surface area contributed by atoms with E-state index in [1.807, 2.05) is 6.92 Å². The molecule has 0 bridgehead atoms. The molecule has 1 aromatic heterocycles. The minimum Gasteiger partial charge on any atom is -0.314 e. The molecule has 0 aliphatic carbocycles. The van der Waals surface area contributed by atoms with Gasteiger partial charge in [-0.1, -0.05) is 20.8 Å². The van der Waals surface area contributed by atoms with E-state index < -0.39 is 0 Å². The lowest BCUT2D eigenvalue weighted by Gasteiger charge is -2.23. The Morgan fingerprint density at radius 3 is 2.60 bits per heavy atom. The molecule has 84 valence electrons. The molecule has 0 saturated heterocycles. The monoisotopic (exact) mass is 207 g/mol. The minimum absolute atomic E-state index is 0.441. The fourth-order valence-electron chi connectivity index (χ4n) is 1.87. The van der Waals surface area contributed by atoms with Crippen LogP contribution < -0.4 is 5.32 Å². The Labute approximate surface area is 92.3 Å². The molecule has 2 atom stereocenters. The first kappa shape index (κ1) is 12.1. The van der Waals surface area contributed by atoms with Crippen molar-refractivity contribution in [2.75, 3.05) is 6.54 Å². The summed E-state index contributed by atoms with van der Waals surface area (Å²) in [6.45, 7) is 9.58. The van der Waals surface area contributed by atoms with Crippen molar-refractivity contribution in [3.8, 4) is 0 Å². The molecule has 0 aliphatic rings. The molecular weight excluding hydrogens is 186 g/mol. The van der Waals surface area contributed by atoms with Crippen LogP contribution in [0.2, 0.25) is 0 Å². The van der Waals surface area contributed by atoms with E-state index in [4.69, 9.17) is 0 Å². The van der Waals surface area contributed by atoms with E-state index >= 15 is 0 Å². The van der Waals surface area contributed by atoms with Crippen LogP contribution in [0.1, 0.15) is 44.5 Å². The molecule has 0 aliphatic heterocycles. The van der Waals surface area contributed by atoms with Crippen molar-refractivity contribution in [3.63, 3.8) is 0 Å². The summed E-state index contributed by atoms with van der Waals surface area (Å²) >= 11 is 0. The Balaban J connectivity index is 2.77.